The second-order valence-corrected chi connectivity index (χ2v) is 17.5. The summed E-state index contributed by atoms with van der Waals surface area (Å²) in [6, 6.07) is 29.4. The first kappa shape index (κ1) is 45.3. The minimum atomic E-state index is -2.06. The van der Waals surface area contributed by atoms with Crippen LogP contribution in [0, 0.1) is 0 Å². The van der Waals surface area contributed by atoms with Crippen molar-refractivity contribution in [1.82, 2.24) is 15.5 Å². The summed E-state index contributed by atoms with van der Waals surface area (Å²) in [6.07, 6.45) is 2.04. The van der Waals surface area contributed by atoms with E-state index in [9.17, 15) is 28.8 Å². The molecular formula is C40H50BrN4O8PS. The van der Waals surface area contributed by atoms with Gasteiger partial charge in [-0.25, -0.2) is 0 Å². The number of halogens is 1. The molecule has 4 amide bonds. The van der Waals surface area contributed by atoms with Crippen LogP contribution in [0.3, 0.4) is 0 Å². The highest BCUT2D eigenvalue weighted by atomic mass is 79.9. The summed E-state index contributed by atoms with van der Waals surface area (Å²) in [7, 11) is -2.06. The molecule has 1 heterocycles. The monoisotopic (exact) mass is 856 g/mol. The highest BCUT2D eigenvalue weighted by Crippen LogP contribution is 2.55. The van der Waals surface area contributed by atoms with Crippen molar-refractivity contribution in [2.45, 2.75) is 63.3 Å². The van der Waals surface area contributed by atoms with Crippen molar-refractivity contribution < 1.29 is 55.2 Å². The summed E-state index contributed by atoms with van der Waals surface area (Å²) >= 11 is 1.10. The lowest BCUT2D eigenvalue weighted by Crippen LogP contribution is -3.00. The third-order valence-corrected chi connectivity index (χ3v) is 14.8. The topological polar surface area (TPSA) is 174 Å². The number of ether oxygens (including phenoxy) is 2. The van der Waals surface area contributed by atoms with Crippen LogP contribution in [0.15, 0.2) is 91.0 Å². The summed E-state index contributed by atoms with van der Waals surface area (Å²) in [4.78, 5) is 77.6. The maximum atomic E-state index is 13.5. The van der Waals surface area contributed by atoms with Crippen LogP contribution < -0.4 is 49.3 Å². The van der Waals surface area contributed by atoms with Gasteiger partial charge in [-0.15, -0.1) is 11.8 Å². The first-order chi connectivity index (χ1) is 26.1. The van der Waals surface area contributed by atoms with E-state index < -0.39 is 54.9 Å². The molecule has 55 heavy (non-hydrogen) atoms. The van der Waals surface area contributed by atoms with Gasteiger partial charge in [-0.05, 0) is 69.5 Å². The predicted octanol–water partition coefficient (Wildman–Crippen LogP) is -0.540. The minimum Gasteiger partial charge on any atom is -1.00 e. The van der Waals surface area contributed by atoms with Gasteiger partial charge in [0.15, 0.2) is 0 Å². The minimum absolute atomic E-state index is 0. The largest absolute Gasteiger partial charge is 1.00 e. The molecule has 12 nitrogen and oxygen atoms in total. The Bertz CT molecular complexity index is 1630. The average molecular weight is 858 g/mol. The zero-order valence-electron chi connectivity index (χ0n) is 31.2. The Labute approximate surface area is 338 Å². The van der Waals surface area contributed by atoms with E-state index in [0.29, 0.717) is 6.42 Å². The van der Waals surface area contributed by atoms with Gasteiger partial charge in [0.2, 0.25) is 23.6 Å². The Balaban J connectivity index is 0.00000812. The molecule has 4 N–H and O–H groups in total. The Hall–Kier alpha value is -4.10. The second-order valence-electron chi connectivity index (χ2n) is 12.7. The maximum absolute atomic E-state index is 13.5. The lowest BCUT2D eigenvalue weighted by molar-refractivity contribution is -0.145. The standard InChI is InChI=1S/C40H49N4O8PS.BrH/c1-3-51-37(47)27-42-38(48)33(43-35(45)23-22-32(41)40(50)52-4-2)28-54-34-26-36(46)44(39(34)49)24-14-15-25-53(29-16-8-5-9-17-29,30-18-10-6-11-19-30)31-20-12-7-13-21-31;/h5-13,16-21,32-34H,3-4,14-15,22-28,41H2,1-2H3,(H-,42,43,45,48);1H/t32-,33-,34?;/m0./s1. The van der Waals surface area contributed by atoms with Crippen molar-refractivity contribution in [2.24, 2.45) is 5.73 Å². The highest BCUT2D eigenvalue weighted by Gasteiger charge is 2.45. The van der Waals surface area contributed by atoms with Crippen molar-refractivity contribution in [3.8, 4) is 0 Å². The Morgan fingerprint density at radius 3 is 1.93 bits per heavy atom. The van der Waals surface area contributed by atoms with Crippen molar-refractivity contribution in [3.63, 3.8) is 0 Å². The lowest BCUT2D eigenvalue weighted by Gasteiger charge is -2.28. The summed E-state index contributed by atoms with van der Waals surface area (Å²) in [5, 5.41) is 8.13. The van der Waals surface area contributed by atoms with E-state index in [0.717, 1.165) is 24.3 Å². The summed E-state index contributed by atoms with van der Waals surface area (Å²) < 4.78 is 9.76. The van der Waals surface area contributed by atoms with Crippen LogP contribution >= 0.6 is 19.0 Å². The predicted molar refractivity (Wildman–Crippen MR) is 212 cm³/mol. The number of amides is 4. The van der Waals surface area contributed by atoms with Gasteiger partial charge in [-0.3, -0.25) is 33.7 Å². The normalized spacial score (nSPS) is 15.0. The number of likely N-dealkylation sites (tertiary alicyclic amines) is 1. The van der Waals surface area contributed by atoms with Crippen LogP contribution in [0.5, 0.6) is 0 Å². The molecule has 1 aliphatic heterocycles. The molecular weight excluding hydrogens is 807 g/mol. The van der Waals surface area contributed by atoms with Crippen LogP contribution in [0.25, 0.3) is 0 Å². The van der Waals surface area contributed by atoms with E-state index >= 15 is 0 Å². The number of carbonyl (C=O) groups is 6. The number of hydrogen-bond acceptors (Lipinski definition) is 10. The van der Waals surface area contributed by atoms with E-state index in [-0.39, 0.29) is 73.6 Å². The zero-order valence-corrected chi connectivity index (χ0v) is 34.5. The third kappa shape index (κ3) is 12.7. The summed E-state index contributed by atoms with van der Waals surface area (Å²) in [5.74, 6) is -3.16. The molecule has 0 aromatic heterocycles. The summed E-state index contributed by atoms with van der Waals surface area (Å²) in [5.41, 5.74) is 5.82. The SMILES string of the molecule is CCOC(=O)CNC(=O)[C@H](CSC1CC(=O)N(CCCC[P+](c2ccccc2)(c2ccccc2)c2ccccc2)C1=O)NC(=O)CC[C@H](N)C(=O)OCC.[Br-]. The molecule has 3 aromatic rings. The summed E-state index contributed by atoms with van der Waals surface area (Å²) in [6.45, 7) is 3.43. The fourth-order valence-corrected chi connectivity index (χ4v) is 11.9. The molecule has 1 unspecified atom stereocenters. The van der Waals surface area contributed by atoms with Crippen molar-refractivity contribution in [3.05, 3.63) is 91.0 Å². The molecule has 3 aromatic carbocycles. The lowest BCUT2D eigenvalue weighted by atomic mass is 10.1. The average Bonchev–Trinajstić information content (AvgIpc) is 3.46. The molecule has 15 heteroatoms. The molecule has 296 valence electrons. The van der Waals surface area contributed by atoms with Crippen LogP contribution in [0.4, 0.5) is 0 Å². The number of unbranched alkanes of at least 4 members (excludes halogenated alkanes) is 1. The van der Waals surface area contributed by atoms with E-state index in [1.54, 1.807) is 13.8 Å². The first-order valence-corrected chi connectivity index (χ1v) is 21.3. The quantitative estimate of drug-likeness (QED) is 0.0547. The van der Waals surface area contributed by atoms with Gasteiger partial charge < -0.3 is 42.8 Å². The van der Waals surface area contributed by atoms with Crippen molar-refractivity contribution in [2.75, 3.05) is 38.2 Å². The number of nitrogens with zero attached hydrogens (tertiary/aromatic N) is 1. The molecule has 0 saturated carbocycles. The van der Waals surface area contributed by atoms with Gasteiger partial charge in [0.25, 0.3) is 0 Å². The van der Waals surface area contributed by atoms with Crippen molar-refractivity contribution in [1.29, 1.82) is 0 Å². The number of benzene rings is 3. The molecule has 1 aliphatic rings. The van der Waals surface area contributed by atoms with E-state index in [1.807, 2.05) is 18.2 Å². The van der Waals surface area contributed by atoms with Gasteiger partial charge in [0.1, 0.15) is 41.8 Å². The van der Waals surface area contributed by atoms with Crippen molar-refractivity contribution >= 4 is 70.5 Å². The number of imide groups is 1. The number of nitrogens with one attached hydrogen (secondary N) is 2. The van der Waals surface area contributed by atoms with Crippen LogP contribution in [0.1, 0.15) is 46.0 Å². The van der Waals surface area contributed by atoms with Gasteiger partial charge >= 0.3 is 11.9 Å². The Morgan fingerprint density at radius 1 is 0.855 bits per heavy atom. The van der Waals surface area contributed by atoms with E-state index in [4.69, 9.17) is 15.2 Å². The smallest absolute Gasteiger partial charge is 0.325 e. The molecule has 3 atom stereocenters. The Morgan fingerprint density at radius 2 is 1.40 bits per heavy atom. The molecule has 0 bridgehead atoms. The highest BCUT2D eigenvalue weighted by molar-refractivity contribution is 8.00. The molecule has 4 rings (SSSR count). The van der Waals surface area contributed by atoms with E-state index in [1.165, 1.54) is 20.8 Å². The van der Waals surface area contributed by atoms with Gasteiger partial charge in [0, 0.05) is 25.1 Å². The number of rotatable bonds is 21. The number of esters is 2. The number of hydrogen-bond donors (Lipinski definition) is 3. The fraction of sp³-hybridized carbons (Fsp3) is 0.400. The fourth-order valence-electron chi connectivity index (χ4n) is 6.33. The molecule has 1 saturated heterocycles. The van der Waals surface area contributed by atoms with Crippen LogP contribution in [0.2, 0.25) is 0 Å². The molecule has 0 spiro atoms. The zero-order chi connectivity index (χ0) is 38.9. The Kier molecular flexibility index (Phi) is 19.0. The molecule has 1 fully saturated rings. The number of nitrogens with two attached hydrogens (primary N) is 1. The first-order valence-electron chi connectivity index (χ1n) is 18.3. The second kappa shape index (κ2) is 23.1. The van der Waals surface area contributed by atoms with E-state index in [2.05, 4.69) is 83.4 Å². The van der Waals surface area contributed by atoms with Gasteiger partial charge in [-0.1, -0.05) is 54.6 Å². The number of thioether (sulfide) groups is 1. The van der Waals surface area contributed by atoms with Crippen LogP contribution in [-0.4, -0.2) is 96.0 Å². The van der Waals surface area contributed by atoms with Crippen LogP contribution in [-0.2, 0) is 38.2 Å². The molecule has 0 radical (unpaired) electrons. The molecule has 0 aliphatic carbocycles. The number of carbonyl (C=O) groups excluding carboxylic acids is 6. The van der Waals surface area contributed by atoms with Gasteiger partial charge in [-0.2, -0.15) is 0 Å². The van der Waals surface area contributed by atoms with Gasteiger partial charge in [0.05, 0.1) is 24.6 Å². The third-order valence-electron chi connectivity index (χ3n) is 9.02. The maximum Gasteiger partial charge on any atom is 0.325 e.